The van der Waals surface area contributed by atoms with Gasteiger partial charge in [-0.15, -0.1) is 0 Å². The SMILES string of the molecule is CCCNCC(C)(CCC)Cc1ccc(F)c(F)c1. The van der Waals surface area contributed by atoms with Gasteiger partial charge in [0.1, 0.15) is 0 Å². The third-order valence-corrected chi connectivity index (χ3v) is 3.45. The first-order valence-corrected chi connectivity index (χ1v) is 7.15. The van der Waals surface area contributed by atoms with E-state index >= 15 is 0 Å². The van der Waals surface area contributed by atoms with Crippen LogP contribution in [0, 0.1) is 17.0 Å². The van der Waals surface area contributed by atoms with E-state index in [9.17, 15) is 8.78 Å². The molecule has 1 atom stereocenters. The van der Waals surface area contributed by atoms with Crippen LogP contribution >= 0.6 is 0 Å². The Morgan fingerprint density at radius 3 is 2.42 bits per heavy atom. The molecule has 1 rings (SSSR count). The van der Waals surface area contributed by atoms with E-state index in [-0.39, 0.29) is 5.41 Å². The molecule has 0 aliphatic carbocycles. The lowest BCUT2D eigenvalue weighted by Gasteiger charge is -2.30. The monoisotopic (exact) mass is 269 g/mol. The van der Waals surface area contributed by atoms with Crippen LogP contribution in [0.3, 0.4) is 0 Å². The summed E-state index contributed by atoms with van der Waals surface area (Å²) in [6, 6.07) is 4.23. The van der Waals surface area contributed by atoms with Gasteiger partial charge in [0.15, 0.2) is 11.6 Å². The Labute approximate surface area is 115 Å². The van der Waals surface area contributed by atoms with E-state index in [4.69, 9.17) is 0 Å². The molecule has 3 heteroatoms. The van der Waals surface area contributed by atoms with E-state index in [2.05, 4.69) is 26.1 Å². The standard InChI is InChI=1S/C16H25F2N/c1-4-8-16(3,12-19-9-5-2)11-13-6-7-14(17)15(18)10-13/h6-7,10,19H,4-5,8-9,11-12H2,1-3H3. The largest absolute Gasteiger partial charge is 0.316 e. The van der Waals surface area contributed by atoms with E-state index < -0.39 is 11.6 Å². The fourth-order valence-corrected chi connectivity index (χ4v) is 2.55. The van der Waals surface area contributed by atoms with E-state index in [1.54, 1.807) is 6.07 Å². The van der Waals surface area contributed by atoms with Crippen LogP contribution in [0.2, 0.25) is 0 Å². The summed E-state index contributed by atoms with van der Waals surface area (Å²) in [7, 11) is 0. The molecule has 0 saturated carbocycles. The second kappa shape index (κ2) is 7.59. The van der Waals surface area contributed by atoms with Crippen LogP contribution in [0.15, 0.2) is 18.2 Å². The molecule has 19 heavy (non-hydrogen) atoms. The molecule has 0 spiro atoms. The minimum Gasteiger partial charge on any atom is -0.316 e. The normalized spacial score (nSPS) is 14.4. The second-order valence-electron chi connectivity index (χ2n) is 5.66. The number of halogens is 2. The van der Waals surface area contributed by atoms with Gasteiger partial charge in [-0.2, -0.15) is 0 Å². The minimum absolute atomic E-state index is 0.0915. The average Bonchev–Trinajstić information content (AvgIpc) is 2.34. The van der Waals surface area contributed by atoms with Gasteiger partial charge in [0.05, 0.1) is 0 Å². The first-order chi connectivity index (χ1) is 9.00. The molecule has 1 aromatic rings. The predicted octanol–water partition coefficient (Wildman–Crippen LogP) is 4.31. The summed E-state index contributed by atoms with van der Waals surface area (Å²) in [6.45, 7) is 8.41. The molecule has 0 aromatic heterocycles. The topological polar surface area (TPSA) is 12.0 Å². The Morgan fingerprint density at radius 2 is 1.84 bits per heavy atom. The third-order valence-electron chi connectivity index (χ3n) is 3.45. The quantitative estimate of drug-likeness (QED) is 0.693. The first-order valence-electron chi connectivity index (χ1n) is 7.15. The maximum Gasteiger partial charge on any atom is 0.159 e. The molecule has 0 aliphatic rings. The molecule has 0 aliphatic heterocycles. The van der Waals surface area contributed by atoms with E-state index in [0.29, 0.717) is 0 Å². The summed E-state index contributed by atoms with van der Waals surface area (Å²) in [4.78, 5) is 0. The molecule has 0 saturated heterocycles. The van der Waals surface area contributed by atoms with Gasteiger partial charge in [-0.05, 0) is 48.9 Å². The van der Waals surface area contributed by atoms with Crippen LogP contribution in [0.1, 0.15) is 45.6 Å². The van der Waals surface area contributed by atoms with E-state index in [1.807, 2.05) is 0 Å². The lowest BCUT2D eigenvalue weighted by Crippen LogP contribution is -2.34. The van der Waals surface area contributed by atoms with Crippen molar-refractivity contribution in [1.29, 1.82) is 0 Å². The third kappa shape index (κ3) is 5.27. The maximum absolute atomic E-state index is 13.3. The highest BCUT2D eigenvalue weighted by Gasteiger charge is 2.23. The van der Waals surface area contributed by atoms with Crippen molar-refractivity contribution in [2.75, 3.05) is 13.1 Å². The Morgan fingerprint density at radius 1 is 1.11 bits per heavy atom. The highest BCUT2D eigenvalue weighted by molar-refractivity contribution is 5.19. The molecular formula is C16H25F2N. The zero-order valence-electron chi connectivity index (χ0n) is 12.2. The number of nitrogens with one attached hydrogen (secondary N) is 1. The van der Waals surface area contributed by atoms with Crippen LogP contribution in [-0.4, -0.2) is 13.1 Å². The van der Waals surface area contributed by atoms with Gasteiger partial charge in [-0.3, -0.25) is 0 Å². The van der Waals surface area contributed by atoms with Crippen molar-refractivity contribution in [2.45, 2.75) is 46.5 Å². The summed E-state index contributed by atoms with van der Waals surface area (Å²) >= 11 is 0. The van der Waals surface area contributed by atoms with Crippen molar-refractivity contribution in [3.05, 3.63) is 35.4 Å². The van der Waals surface area contributed by atoms with Gasteiger partial charge in [0.2, 0.25) is 0 Å². The van der Waals surface area contributed by atoms with Gasteiger partial charge in [-0.1, -0.05) is 33.3 Å². The molecule has 1 nitrogen and oxygen atoms in total. The van der Waals surface area contributed by atoms with Crippen LogP contribution < -0.4 is 5.32 Å². The van der Waals surface area contributed by atoms with E-state index in [1.165, 1.54) is 12.1 Å². The van der Waals surface area contributed by atoms with Gasteiger partial charge in [0.25, 0.3) is 0 Å². The lowest BCUT2D eigenvalue weighted by molar-refractivity contribution is 0.275. The van der Waals surface area contributed by atoms with E-state index in [0.717, 1.165) is 44.3 Å². The Balaban J connectivity index is 2.72. The number of hydrogen-bond donors (Lipinski definition) is 1. The Hall–Kier alpha value is -0.960. The average molecular weight is 269 g/mol. The van der Waals surface area contributed by atoms with Crippen LogP contribution in [-0.2, 0) is 6.42 Å². The molecule has 108 valence electrons. The molecule has 0 heterocycles. The van der Waals surface area contributed by atoms with Crippen molar-refractivity contribution in [2.24, 2.45) is 5.41 Å². The van der Waals surface area contributed by atoms with Crippen LogP contribution in [0.4, 0.5) is 8.78 Å². The van der Waals surface area contributed by atoms with Gasteiger partial charge in [0, 0.05) is 6.54 Å². The fraction of sp³-hybridized carbons (Fsp3) is 0.625. The Kier molecular flexibility index (Phi) is 6.43. The highest BCUT2D eigenvalue weighted by Crippen LogP contribution is 2.28. The lowest BCUT2D eigenvalue weighted by atomic mass is 9.79. The van der Waals surface area contributed by atoms with Gasteiger partial charge < -0.3 is 5.32 Å². The molecule has 0 amide bonds. The first kappa shape index (κ1) is 16.1. The molecular weight excluding hydrogens is 244 g/mol. The zero-order valence-corrected chi connectivity index (χ0v) is 12.2. The molecule has 0 bridgehead atoms. The van der Waals surface area contributed by atoms with Crippen molar-refractivity contribution >= 4 is 0 Å². The van der Waals surface area contributed by atoms with Crippen molar-refractivity contribution in [1.82, 2.24) is 5.32 Å². The van der Waals surface area contributed by atoms with Crippen LogP contribution in [0.25, 0.3) is 0 Å². The highest BCUT2D eigenvalue weighted by atomic mass is 19.2. The molecule has 1 unspecified atom stereocenters. The molecule has 1 N–H and O–H groups in total. The molecule has 1 aromatic carbocycles. The fourth-order valence-electron chi connectivity index (χ4n) is 2.55. The smallest absolute Gasteiger partial charge is 0.159 e. The number of hydrogen-bond acceptors (Lipinski definition) is 1. The van der Waals surface area contributed by atoms with Crippen LogP contribution in [0.5, 0.6) is 0 Å². The molecule has 0 fully saturated rings. The summed E-state index contributed by atoms with van der Waals surface area (Å²) in [5.74, 6) is -1.53. The zero-order chi connectivity index (χ0) is 14.3. The number of rotatable bonds is 8. The summed E-state index contributed by atoms with van der Waals surface area (Å²) in [5.41, 5.74) is 0.960. The molecule has 0 radical (unpaired) electrons. The summed E-state index contributed by atoms with van der Waals surface area (Å²) in [5, 5.41) is 3.44. The van der Waals surface area contributed by atoms with Crippen molar-refractivity contribution in [3.8, 4) is 0 Å². The second-order valence-corrected chi connectivity index (χ2v) is 5.66. The minimum atomic E-state index is -0.773. The van der Waals surface area contributed by atoms with Crippen molar-refractivity contribution < 1.29 is 8.78 Å². The summed E-state index contributed by atoms with van der Waals surface area (Å²) in [6.07, 6.45) is 4.04. The predicted molar refractivity (Wildman–Crippen MR) is 76.2 cm³/mol. The van der Waals surface area contributed by atoms with Gasteiger partial charge >= 0.3 is 0 Å². The number of benzene rings is 1. The van der Waals surface area contributed by atoms with Gasteiger partial charge in [-0.25, -0.2) is 8.78 Å². The summed E-state index contributed by atoms with van der Waals surface area (Å²) < 4.78 is 26.2. The Bertz CT molecular complexity index is 392. The maximum atomic E-state index is 13.3. The van der Waals surface area contributed by atoms with Crippen molar-refractivity contribution in [3.63, 3.8) is 0 Å².